The number of hydrogen-bond donors (Lipinski definition) is 1. The number of benzene rings is 8. The molecular weight excluding hydrogens is 1000 g/mol. The van der Waals surface area contributed by atoms with Crippen molar-refractivity contribution in [2.75, 3.05) is 11.9 Å². The van der Waals surface area contributed by atoms with Gasteiger partial charge in [0, 0.05) is 29.9 Å². The first-order chi connectivity index (χ1) is 39.5. The van der Waals surface area contributed by atoms with Gasteiger partial charge in [-0.15, -0.1) is 5.10 Å². The number of anilines is 1. The van der Waals surface area contributed by atoms with E-state index in [9.17, 15) is 4.79 Å². The smallest absolute Gasteiger partial charge is 0.410 e. The summed E-state index contributed by atoms with van der Waals surface area (Å²) in [5.74, 6) is 1.97. The molecule has 4 heterocycles. The van der Waals surface area contributed by atoms with Crippen LogP contribution in [0.25, 0.3) is 16.7 Å². The van der Waals surface area contributed by atoms with Crippen molar-refractivity contribution in [3.63, 3.8) is 0 Å². The lowest BCUT2D eigenvalue weighted by Gasteiger charge is -2.38. The zero-order valence-corrected chi connectivity index (χ0v) is 45.8. The fourth-order valence-corrected chi connectivity index (χ4v) is 11.4. The fourth-order valence-electron chi connectivity index (χ4n) is 11.4. The van der Waals surface area contributed by atoms with Crippen LogP contribution in [-0.2, 0) is 28.8 Å². The number of hydrogen-bond acceptors (Lipinski definition) is 8. The van der Waals surface area contributed by atoms with Crippen molar-refractivity contribution in [2.45, 2.75) is 63.4 Å². The molecule has 400 valence electrons. The van der Waals surface area contributed by atoms with E-state index in [2.05, 4.69) is 194 Å². The molecule has 0 aliphatic carbocycles. The van der Waals surface area contributed by atoms with Crippen molar-refractivity contribution < 1.29 is 14.3 Å². The third-order valence-corrected chi connectivity index (χ3v) is 15.0. The molecule has 0 spiro atoms. The minimum absolute atomic E-state index is 0.165. The summed E-state index contributed by atoms with van der Waals surface area (Å²) in [5, 5.41) is 19.7. The van der Waals surface area contributed by atoms with Crippen LogP contribution in [0.4, 0.5) is 10.6 Å². The van der Waals surface area contributed by atoms with Gasteiger partial charge in [0.05, 0.1) is 12.7 Å². The number of carbonyl (C=O) groups excluding carboxylic acids is 1. The quantitative estimate of drug-likeness (QED) is 0.135. The Hall–Kier alpha value is -9.87. The monoisotopic (exact) mass is 1060 g/mol. The molecule has 1 atom stereocenters. The summed E-state index contributed by atoms with van der Waals surface area (Å²) in [4.78, 5) is 22.3. The molecule has 12 rings (SSSR count). The van der Waals surface area contributed by atoms with E-state index in [1.165, 1.54) is 0 Å². The van der Waals surface area contributed by atoms with Gasteiger partial charge in [-0.1, -0.05) is 218 Å². The standard InChI is InChI=1S/C70H62N8O3/c1-50-43-51-25-23-39-60(44-51)80-61-40-24-26-52(45-61)48-76-49-53(47-71-76)62(41-42-77(50)67(79)81-68(2,3)4)63-46-64(73-69(54-27-11-5-12-28-54,55-29-13-6-14-30-55)56-31-15-7-16-32-56)72-66-65(63)74-75-78(66)70(57-33-17-8-18-34-57,58-35-19-9-20-36-58)59-37-21-10-22-38-59/h5-41,44-47,49-50H,42-43,48H2,1-4H3,(H,72,73)/b62-41+/t50-/m0/s1. The van der Waals surface area contributed by atoms with Crippen LogP contribution in [0.1, 0.15) is 83.3 Å². The summed E-state index contributed by atoms with van der Waals surface area (Å²) in [7, 11) is 0. The van der Waals surface area contributed by atoms with Crippen molar-refractivity contribution in [3.05, 3.63) is 311 Å². The van der Waals surface area contributed by atoms with Crippen LogP contribution in [0.5, 0.6) is 11.5 Å². The molecule has 0 radical (unpaired) electrons. The molecule has 0 saturated carbocycles. The highest BCUT2D eigenvalue weighted by Gasteiger charge is 2.43. The van der Waals surface area contributed by atoms with Gasteiger partial charge in [-0.2, -0.15) is 5.10 Å². The Morgan fingerprint density at radius 3 is 1.62 bits per heavy atom. The number of ether oxygens (including phenoxy) is 2. The van der Waals surface area contributed by atoms with Gasteiger partial charge in [-0.05, 0) is 115 Å². The molecule has 81 heavy (non-hydrogen) atoms. The van der Waals surface area contributed by atoms with E-state index in [0.29, 0.717) is 41.4 Å². The number of amides is 1. The highest BCUT2D eigenvalue weighted by atomic mass is 16.6. The van der Waals surface area contributed by atoms with E-state index in [0.717, 1.165) is 61.2 Å². The van der Waals surface area contributed by atoms with E-state index in [4.69, 9.17) is 29.9 Å². The molecule has 11 aromatic rings. The largest absolute Gasteiger partial charge is 0.457 e. The summed E-state index contributed by atoms with van der Waals surface area (Å²) in [6, 6.07) is 80.8. The third kappa shape index (κ3) is 10.4. The molecule has 1 aliphatic heterocycles. The molecule has 8 aromatic carbocycles. The average Bonchev–Trinajstić information content (AvgIpc) is 3.75. The summed E-state index contributed by atoms with van der Waals surface area (Å²) < 4.78 is 16.6. The molecular formula is C70H62N8O3. The predicted molar refractivity (Wildman–Crippen MR) is 320 cm³/mol. The minimum atomic E-state index is -1.09. The molecule has 11 nitrogen and oxygen atoms in total. The van der Waals surface area contributed by atoms with Gasteiger partial charge in [-0.3, -0.25) is 4.68 Å². The number of nitrogens with one attached hydrogen (secondary N) is 1. The molecule has 1 amide bonds. The maximum atomic E-state index is 14.7. The van der Waals surface area contributed by atoms with Gasteiger partial charge in [-0.25, -0.2) is 14.5 Å². The average molecular weight is 1060 g/mol. The van der Waals surface area contributed by atoms with Gasteiger partial charge in [0.25, 0.3) is 0 Å². The lowest BCUT2D eigenvalue weighted by Crippen LogP contribution is -2.43. The summed E-state index contributed by atoms with van der Waals surface area (Å²) in [6.07, 6.45) is 6.13. The molecule has 1 N–H and O–H groups in total. The lowest BCUT2D eigenvalue weighted by molar-refractivity contribution is 0.0203. The number of aromatic nitrogens is 6. The van der Waals surface area contributed by atoms with Gasteiger partial charge >= 0.3 is 6.09 Å². The maximum Gasteiger partial charge on any atom is 0.410 e. The topological polar surface area (TPSA) is 112 Å². The van der Waals surface area contributed by atoms with E-state index in [1.807, 2.05) is 103 Å². The van der Waals surface area contributed by atoms with Crippen LogP contribution in [-0.4, -0.2) is 58.9 Å². The SMILES string of the molecule is C[C@H]1Cc2cccc(c2)Oc2cccc(c2)Cn2cc(cn2)/C(c2cc(NC(c3ccccc3)(c3ccccc3)c3ccccc3)nc3c2nnn3C(c2ccccc2)(c2ccccc2)c2ccccc2)=C\CN1C(=O)OC(C)(C)C. The number of nitrogens with zero attached hydrogens (tertiary/aromatic N) is 7. The first-order valence-electron chi connectivity index (χ1n) is 27.5. The van der Waals surface area contributed by atoms with Crippen LogP contribution in [0.3, 0.4) is 0 Å². The zero-order valence-electron chi connectivity index (χ0n) is 45.8. The number of fused-ring (bicyclic) bond motifs is 7. The molecule has 6 bridgehead atoms. The Balaban J connectivity index is 1.16. The second-order valence-electron chi connectivity index (χ2n) is 21.6. The van der Waals surface area contributed by atoms with Crippen LogP contribution < -0.4 is 10.1 Å². The summed E-state index contributed by atoms with van der Waals surface area (Å²) in [6.45, 7) is 8.37. The Morgan fingerprint density at radius 1 is 0.605 bits per heavy atom. The Morgan fingerprint density at radius 2 is 1.10 bits per heavy atom. The molecule has 0 fully saturated rings. The van der Waals surface area contributed by atoms with Crippen LogP contribution in [0.15, 0.2) is 255 Å². The van der Waals surface area contributed by atoms with Crippen LogP contribution >= 0.6 is 0 Å². The lowest BCUT2D eigenvalue weighted by atomic mass is 9.77. The van der Waals surface area contributed by atoms with E-state index < -0.39 is 22.8 Å². The van der Waals surface area contributed by atoms with Crippen molar-refractivity contribution in [1.29, 1.82) is 0 Å². The first-order valence-corrected chi connectivity index (χ1v) is 27.5. The first kappa shape index (κ1) is 51.9. The zero-order chi connectivity index (χ0) is 55.4. The second-order valence-corrected chi connectivity index (χ2v) is 21.6. The molecule has 0 saturated heterocycles. The molecule has 1 aliphatic rings. The third-order valence-electron chi connectivity index (χ3n) is 15.0. The number of rotatable bonds is 10. The summed E-state index contributed by atoms with van der Waals surface area (Å²) in [5.41, 5.74) is 8.44. The normalized spacial score (nSPS) is 14.7. The van der Waals surface area contributed by atoms with Crippen LogP contribution in [0.2, 0.25) is 0 Å². The van der Waals surface area contributed by atoms with E-state index >= 15 is 0 Å². The fraction of sp³-hybridized carbons (Fsp3) is 0.157. The van der Waals surface area contributed by atoms with Crippen molar-refractivity contribution >= 4 is 28.6 Å². The van der Waals surface area contributed by atoms with Crippen molar-refractivity contribution in [3.8, 4) is 11.5 Å². The predicted octanol–water partition coefficient (Wildman–Crippen LogP) is 14.7. The van der Waals surface area contributed by atoms with Gasteiger partial charge in [0.1, 0.15) is 39.5 Å². The molecule has 0 unspecified atom stereocenters. The molecule has 3 aromatic heterocycles. The van der Waals surface area contributed by atoms with Gasteiger partial charge in [0.2, 0.25) is 0 Å². The Labute approximate surface area is 472 Å². The number of carbonyl (C=O) groups is 1. The Kier molecular flexibility index (Phi) is 14.2. The Bertz CT molecular complexity index is 3780. The number of pyridine rings is 1. The highest BCUT2D eigenvalue weighted by molar-refractivity contribution is 5.94. The van der Waals surface area contributed by atoms with Crippen molar-refractivity contribution in [2.24, 2.45) is 0 Å². The second kappa shape index (κ2) is 22.1. The van der Waals surface area contributed by atoms with E-state index in [1.54, 1.807) is 4.90 Å². The van der Waals surface area contributed by atoms with Gasteiger partial charge < -0.3 is 19.7 Å². The van der Waals surface area contributed by atoms with Crippen LogP contribution in [0, 0.1) is 0 Å². The molecule has 11 heteroatoms. The minimum Gasteiger partial charge on any atom is -0.457 e. The van der Waals surface area contributed by atoms with E-state index in [-0.39, 0.29) is 12.6 Å². The van der Waals surface area contributed by atoms with Crippen molar-refractivity contribution in [1.82, 2.24) is 34.7 Å². The summed E-state index contributed by atoms with van der Waals surface area (Å²) >= 11 is 0. The van der Waals surface area contributed by atoms with Gasteiger partial charge in [0.15, 0.2) is 5.65 Å². The highest BCUT2D eigenvalue weighted by Crippen LogP contribution is 2.45. The maximum absolute atomic E-state index is 14.7.